The fourth-order valence-electron chi connectivity index (χ4n) is 8.01. The number of fused-ring (bicyclic) bond motifs is 3. The van der Waals surface area contributed by atoms with Crippen molar-refractivity contribution in [1.29, 1.82) is 0 Å². The van der Waals surface area contributed by atoms with Gasteiger partial charge in [-0.2, -0.15) is 22.4 Å². The molecule has 0 spiro atoms. The number of aromatic nitrogens is 5. The van der Waals surface area contributed by atoms with Crippen molar-refractivity contribution >= 4 is 21.8 Å². The van der Waals surface area contributed by atoms with Crippen molar-refractivity contribution in [3.05, 3.63) is 167 Å². The Morgan fingerprint density at radius 3 is 1.78 bits per heavy atom. The number of ether oxygens (including phenoxy) is 1. The molecule has 8 rings (SSSR count). The Kier molecular flexibility index (Phi) is 11.9. The van der Waals surface area contributed by atoms with Crippen LogP contribution < -0.4 is 9.30 Å². The molecule has 0 bridgehead atoms. The Balaban J connectivity index is 0.00000595. The van der Waals surface area contributed by atoms with Gasteiger partial charge in [-0.1, -0.05) is 169 Å². The van der Waals surface area contributed by atoms with Gasteiger partial charge in [0.05, 0.1) is 0 Å². The van der Waals surface area contributed by atoms with E-state index in [1.54, 1.807) is 0 Å². The van der Waals surface area contributed by atoms with Crippen molar-refractivity contribution in [2.75, 3.05) is 0 Å². The van der Waals surface area contributed by atoms with Crippen LogP contribution >= 0.6 is 0 Å². The van der Waals surface area contributed by atoms with Crippen LogP contribution in [-0.4, -0.2) is 19.3 Å². The van der Waals surface area contributed by atoms with Gasteiger partial charge >= 0.3 is 0 Å². The van der Waals surface area contributed by atoms with Gasteiger partial charge in [0.2, 0.25) is 12.2 Å². The molecule has 63 heavy (non-hydrogen) atoms. The van der Waals surface area contributed by atoms with Gasteiger partial charge in [0.15, 0.2) is 0 Å². The number of para-hydroxylation sites is 1. The maximum atomic E-state index is 6.81. The van der Waals surface area contributed by atoms with Gasteiger partial charge in [-0.25, -0.2) is 4.98 Å². The molecule has 0 aliphatic heterocycles. The van der Waals surface area contributed by atoms with Gasteiger partial charge in [0.25, 0.3) is 0 Å². The molecule has 328 valence electrons. The number of hydrogen-bond donors (Lipinski definition) is 0. The molecule has 0 N–H and O–H groups in total. The molecule has 0 amide bonds. The van der Waals surface area contributed by atoms with Crippen molar-refractivity contribution in [1.82, 2.24) is 19.3 Å². The summed E-state index contributed by atoms with van der Waals surface area (Å²) in [6.45, 7) is 31.4. The number of hydrogen-bond acceptors (Lipinski definition) is 3. The average Bonchev–Trinajstić information content (AvgIpc) is 3.81. The van der Waals surface area contributed by atoms with Gasteiger partial charge in [-0.3, -0.25) is 0 Å². The molecule has 3 aromatic heterocycles. The largest absolute Gasteiger partial charge is 0.510 e. The van der Waals surface area contributed by atoms with Crippen LogP contribution in [0.2, 0.25) is 0 Å². The monoisotopic (exact) mass is 1010 g/mol. The normalized spacial score (nSPS) is 12.8. The summed E-state index contributed by atoms with van der Waals surface area (Å²) in [7, 11) is 0. The maximum Gasteiger partial charge on any atom is 0.211 e. The Morgan fingerprint density at radius 1 is 0.540 bits per heavy atom. The number of nitrogens with zero attached hydrogens (tertiary/aromatic N) is 5. The van der Waals surface area contributed by atoms with E-state index in [0.29, 0.717) is 11.5 Å². The van der Waals surface area contributed by atoms with Crippen LogP contribution in [0.1, 0.15) is 131 Å². The summed E-state index contributed by atoms with van der Waals surface area (Å²) >= 11 is 0. The first kappa shape index (κ1) is 45.7. The quantitative estimate of drug-likeness (QED) is 0.118. The number of pyridine rings is 1. The SMILES string of the molecule is CC(C)(C)c1cc(Oc2[c-]c3c(cc2)c2ccccc2n3-c2cc(C(C)(C)C)ccn2)[c-]c(-n2[c-][n+](-c3cc(C(C)(C)C)cc(C(C)(C)C)c3)c(C(C)(C)c3ccccc3)n2)c1.[Pt]. The Bertz CT molecular complexity index is 2910. The number of rotatable bonds is 7. The molecular weight excluding hydrogens is 954 g/mol. The van der Waals surface area contributed by atoms with E-state index in [4.69, 9.17) is 14.8 Å². The van der Waals surface area contributed by atoms with Crippen molar-refractivity contribution in [2.45, 2.75) is 124 Å². The van der Waals surface area contributed by atoms with Crippen LogP contribution in [0, 0.1) is 18.5 Å². The minimum atomic E-state index is -0.478. The standard InChI is InChI=1S/C56H61N5O.Pt/c1-52(2,3)38-26-27-57-50(33-38)61-48-23-19-18-22-46(48)47-25-24-44(35-49(47)61)62-45-32-41(55(10,11)12)31-43(34-45)60-36-59(51(58-60)56(13,14)37-20-16-15-17-21-37)42-29-39(53(4,5)6)28-40(30-42)54(7,8)9;/h15-33H,1-14H3;/q-2;. The molecule has 0 fully saturated rings. The summed E-state index contributed by atoms with van der Waals surface area (Å²) in [6.07, 6.45) is 5.62. The van der Waals surface area contributed by atoms with Gasteiger partial charge in [-0.15, -0.1) is 29.7 Å². The molecule has 3 heterocycles. The van der Waals surface area contributed by atoms with Gasteiger partial charge in [-0.05, 0) is 78.3 Å². The Hall–Kier alpha value is -5.32. The van der Waals surface area contributed by atoms with Gasteiger partial charge in [0, 0.05) is 55.4 Å². The van der Waals surface area contributed by atoms with Crippen LogP contribution in [0.25, 0.3) is 39.0 Å². The van der Waals surface area contributed by atoms with Crippen molar-refractivity contribution in [3.8, 4) is 28.7 Å². The van der Waals surface area contributed by atoms with Crippen LogP contribution in [0.3, 0.4) is 0 Å². The summed E-state index contributed by atoms with van der Waals surface area (Å²) in [5, 5.41) is 7.63. The van der Waals surface area contributed by atoms with E-state index >= 15 is 0 Å². The second-order valence-corrected chi connectivity index (χ2v) is 21.5. The van der Waals surface area contributed by atoms with E-state index in [-0.39, 0.29) is 42.7 Å². The van der Waals surface area contributed by atoms with E-state index < -0.39 is 5.41 Å². The molecule has 6 nitrogen and oxygen atoms in total. The first-order valence-corrected chi connectivity index (χ1v) is 21.8. The fraction of sp³-hybridized carbons (Fsp3) is 0.339. The minimum absolute atomic E-state index is 0. The zero-order valence-corrected chi connectivity index (χ0v) is 41.7. The van der Waals surface area contributed by atoms with Gasteiger partial charge < -0.3 is 13.9 Å². The topological polar surface area (TPSA) is 48.8 Å². The average molecular weight is 1020 g/mol. The van der Waals surface area contributed by atoms with E-state index in [2.05, 4.69) is 228 Å². The van der Waals surface area contributed by atoms with Gasteiger partial charge in [0.1, 0.15) is 5.82 Å². The third-order valence-electron chi connectivity index (χ3n) is 12.1. The zero-order chi connectivity index (χ0) is 44.6. The first-order valence-electron chi connectivity index (χ1n) is 21.8. The molecule has 0 aliphatic carbocycles. The predicted molar refractivity (Wildman–Crippen MR) is 254 cm³/mol. The Morgan fingerprint density at radius 2 is 1.14 bits per heavy atom. The third-order valence-corrected chi connectivity index (χ3v) is 12.1. The molecule has 0 saturated heterocycles. The van der Waals surface area contributed by atoms with E-state index in [9.17, 15) is 0 Å². The molecule has 0 aliphatic rings. The van der Waals surface area contributed by atoms with Crippen LogP contribution in [0.5, 0.6) is 11.5 Å². The molecule has 8 aromatic rings. The van der Waals surface area contributed by atoms with E-state index in [1.165, 1.54) is 16.7 Å². The number of benzene rings is 5. The predicted octanol–water partition coefficient (Wildman–Crippen LogP) is 13.3. The molecular formula is C56H61N5OPt-2. The molecule has 5 aromatic carbocycles. The minimum Gasteiger partial charge on any atom is -0.510 e. The maximum absolute atomic E-state index is 6.81. The molecule has 0 saturated carbocycles. The Labute approximate surface area is 389 Å². The molecule has 0 atom stereocenters. The second kappa shape index (κ2) is 16.3. The fourth-order valence-corrected chi connectivity index (χ4v) is 8.01. The second-order valence-electron chi connectivity index (χ2n) is 21.5. The summed E-state index contributed by atoms with van der Waals surface area (Å²) in [5.74, 6) is 2.87. The summed E-state index contributed by atoms with van der Waals surface area (Å²) in [6, 6.07) is 45.9. The van der Waals surface area contributed by atoms with E-state index in [0.717, 1.165) is 55.9 Å². The van der Waals surface area contributed by atoms with Crippen LogP contribution in [0.15, 0.2) is 115 Å². The first-order chi connectivity index (χ1) is 29.0. The van der Waals surface area contributed by atoms with Crippen LogP contribution in [-0.2, 0) is 48.1 Å². The zero-order valence-electron chi connectivity index (χ0n) is 39.4. The summed E-state index contributed by atoms with van der Waals surface area (Å²) in [4.78, 5) is 4.87. The third kappa shape index (κ3) is 9.07. The summed E-state index contributed by atoms with van der Waals surface area (Å²) < 4.78 is 13.0. The van der Waals surface area contributed by atoms with Crippen molar-refractivity contribution < 1.29 is 30.4 Å². The van der Waals surface area contributed by atoms with Crippen molar-refractivity contribution in [2.24, 2.45) is 0 Å². The molecule has 0 unspecified atom stereocenters. The molecule has 7 heteroatoms. The van der Waals surface area contributed by atoms with Crippen LogP contribution in [0.4, 0.5) is 0 Å². The smallest absolute Gasteiger partial charge is 0.211 e. The molecule has 0 radical (unpaired) electrons. The summed E-state index contributed by atoms with van der Waals surface area (Å²) in [5.41, 5.74) is 8.87. The van der Waals surface area contributed by atoms with E-state index in [1.807, 2.05) is 16.9 Å². The van der Waals surface area contributed by atoms with Crippen molar-refractivity contribution in [3.63, 3.8) is 0 Å².